The zero-order chi connectivity index (χ0) is 19.2. The molecule has 3 rings (SSSR count). The normalized spacial score (nSPS) is 9.93. The van der Waals surface area contributed by atoms with E-state index in [-0.39, 0.29) is 5.91 Å². The fourth-order valence-corrected chi connectivity index (χ4v) is 2.76. The van der Waals surface area contributed by atoms with Crippen LogP contribution < -0.4 is 9.64 Å². The monoisotopic (exact) mass is 354 g/mol. The first-order valence-electron chi connectivity index (χ1n) is 8.40. The van der Waals surface area contributed by atoms with E-state index in [1.54, 1.807) is 13.1 Å². The number of anilines is 1. The van der Waals surface area contributed by atoms with Crippen LogP contribution in [0.3, 0.4) is 0 Å². The van der Waals surface area contributed by atoms with E-state index in [9.17, 15) is 10.1 Å². The summed E-state index contributed by atoms with van der Waals surface area (Å²) in [5.74, 6) is 1.20. The van der Waals surface area contributed by atoms with Gasteiger partial charge in [-0.05, 0) is 42.0 Å². The lowest BCUT2D eigenvalue weighted by molar-refractivity contribution is -0.113. The Balaban J connectivity index is 1.93. The fraction of sp³-hybridized carbons (Fsp3) is 0.0435. The number of ether oxygens (including phenoxy) is 1. The summed E-state index contributed by atoms with van der Waals surface area (Å²) in [6.07, 6.45) is 1.23. The SMILES string of the molecule is C=CC(=O)N(C)c1cccc(-c2ccc(Oc3ccccc3)cc2)c1C#N. The van der Waals surface area contributed by atoms with Gasteiger partial charge in [-0.3, -0.25) is 4.79 Å². The van der Waals surface area contributed by atoms with Crippen LogP contribution in [0.15, 0.2) is 85.5 Å². The Morgan fingerprint density at radius 2 is 1.67 bits per heavy atom. The molecular formula is C23H18N2O2. The Kier molecular flexibility index (Phi) is 5.34. The molecular weight excluding hydrogens is 336 g/mol. The number of carbonyl (C=O) groups is 1. The molecule has 0 aliphatic heterocycles. The molecule has 0 unspecified atom stereocenters. The van der Waals surface area contributed by atoms with Gasteiger partial charge in [0.05, 0.1) is 11.3 Å². The Morgan fingerprint density at radius 3 is 2.30 bits per heavy atom. The minimum Gasteiger partial charge on any atom is -0.457 e. The van der Waals surface area contributed by atoms with Crippen LogP contribution in [-0.4, -0.2) is 13.0 Å². The Labute approximate surface area is 158 Å². The van der Waals surface area contributed by atoms with Crippen molar-refractivity contribution in [2.45, 2.75) is 0 Å². The summed E-state index contributed by atoms with van der Waals surface area (Å²) in [5.41, 5.74) is 2.61. The standard InChI is InChI=1S/C23H18N2O2/c1-3-23(26)25(2)22-11-7-10-20(21(22)16-24)17-12-14-19(15-13-17)27-18-8-5-4-6-9-18/h3-15H,1H2,2H3. The second kappa shape index (κ2) is 8.03. The number of nitriles is 1. The van der Waals surface area contributed by atoms with Crippen LogP contribution in [0.2, 0.25) is 0 Å². The second-order valence-electron chi connectivity index (χ2n) is 5.85. The molecule has 4 nitrogen and oxygen atoms in total. The van der Waals surface area contributed by atoms with Crippen LogP contribution in [-0.2, 0) is 4.79 Å². The molecule has 0 aliphatic carbocycles. The highest BCUT2D eigenvalue weighted by Gasteiger charge is 2.16. The lowest BCUT2D eigenvalue weighted by atomic mass is 9.98. The van der Waals surface area contributed by atoms with Gasteiger partial charge in [0.25, 0.3) is 0 Å². The van der Waals surface area contributed by atoms with Crippen molar-refractivity contribution in [1.29, 1.82) is 5.26 Å². The zero-order valence-corrected chi connectivity index (χ0v) is 14.9. The molecule has 0 bridgehead atoms. The maximum atomic E-state index is 11.9. The molecule has 0 saturated carbocycles. The molecule has 0 atom stereocenters. The van der Waals surface area contributed by atoms with Crippen LogP contribution >= 0.6 is 0 Å². The lowest BCUT2D eigenvalue weighted by Crippen LogP contribution is -2.24. The quantitative estimate of drug-likeness (QED) is 0.594. The average molecular weight is 354 g/mol. The van der Waals surface area contributed by atoms with Gasteiger partial charge in [-0.15, -0.1) is 0 Å². The average Bonchev–Trinajstić information content (AvgIpc) is 2.73. The number of rotatable bonds is 5. The molecule has 0 radical (unpaired) electrons. The number of carbonyl (C=O) groups excluding carboxylic acids is 1. The first-order chi connectivity index (χ1) is 13.1. The maximum Gasteiger partial charge on any atom is 0.250 e. The van der Waals surface area contributed by atoms with E-state index in [1.165, 1.54) is 11.0 Å². The molecule has 0 aromatic heterocycles. The highest BCUT2D eigenvalue weighted by molar-refractivity contribution is 6.02. The van der Waals surface area contributed by atoms with E-state index < -0.39 is 0 Å². The van der Waals surface area contributed by atoms with E-state index in [2.05, 4.69) is 12.6 Å². The summed E-state index contributed by atoms with van der Waals surface area (Å²) in [7, 11) is 1.63. The van der Waals surface area contributed by atoms with Gasteiger partial charge in [-0.2, -0.15) is 5.26 Å². The summed E-state index contributed by atoms with van der Waals surface area (Å²) in [6.45, 7) is 3.50. The molecule has 132 valence electrons. The Morgan fingerprint density at radius 1 is 1.00 bits per heavy atom. The summed E-state index contributed by atoms with van der Waals surface area (Å²) < 4.78 is 5.80. The third-order valence-corrected chi connectivity index (χ3v) is 4.17. The molecule has 0 N–H and O–H groups in total. The van der Waals surface area contributed by atoms with E-state index in [0.29, 0.717) is 17.0 Å². The number of nitrogens with zero attached hydrogens (tertiary/aromatic N) is 2. The van der Waals surface area contributed by atoms with Crippen molar-refractivity contribution in [1.82, 2.24) is 0 Å². The predicted octanol–water partition coefficient (Wildman–Crippen LogP) is 5.17. The Bertz CT molecular complexity index is 1000. The molecule has 0 heterocycles. The smallest absolute Gasteiger partial charge is 0.250 e. The van der Waals surface area contributed by atoms with Crippen molar-refractivity contribution < 1.29 is 9.53 Å². The van der Waals surface area contributed by atoms with Crippen LogP contribution in [0.25, 0.3) is 11.1 Å². The topological polar surface area (TPSA) is 53.3 Å². The van der Waals surface area contributed by atoms with Gasteiger partial charge in [0.2, 0.25) is 5.91 Å². The molecule has 0 spiro atoms. The van der Waals surface area contributed by atoms with Crippen LogP contribution in [0.1, 0.15) is 5.56 Å². The minimum atomic E-state index is -0.268. The van der Waals surface area contributed by atoms with Gasteiger partial charge < -0.3 is 9.64 Å². The molecule has 3 aromatic carbocycles. The molecule has 27 heavy (non-hydrogen) atoms. The third kappa shape index (κ3) is 3.88. The van der Waals surface area contributed by atoms with E-state index in [4.69, 9.17) is 4.74 Å². The molecule has 3 aromatic rings. The number of hydrogen-bond donors (Lipinski definition) is 0. The van der Waals surface area contributed by atoms with Gasteiger partial charge in [0.15, 0.2) is 0 Å². The fourth-order valence-electron chi connectivity index (χ4n) is 2.76. The van der Waals surface area contributed by atoms with Crippen molar-refractivity contribution in [3.8, 4) is 28.7 Å². The van der Waals surface area contributed by atoms with Crippen molar-refractivity contribution in [3.05, 3.63) is 91.0 Å². The highest BCUT2D eigenvalue weighted by atomic mass is 16.5. The maximum absolute atomic E-state index is 11.9. The van der Waals surface area contributed by atoms with Gasteiger partial charge in [0.1, 0.15) is 17.6 Å². The molecule has 0 saturated heterocycles. The lowest BCUT2D eigenvalue weighted by Gasteiger charge is -2.18. The number of para-hydroxylation sites is 1. The summed E-state index contributed by atoms with van der Waals surface area (Å²) >= 11 is 0. The third-order valence-electron chi connectivity index (χ3n) is 4.17. The molecule has 1 amide bonds. The van der Waals surface area contributed by atoms with Gasteiger partial charge in [0, 0.05) is 12.6 Å². The largest absolute Gasteiger partial charge is 0.457 e. The van der Waals surface area contributed by atoms with Crippen molar-refractivity contribution in [3.63, 3.8) is 0 Å². The molecule has 0 fully saturated rings. The molecule has 0 aliphatic rings. The Hall–Kier alpha value is -3.84. The van der Waals surface area contributed by atoms with Crippen molar-refractivity contribution in [2.24, 2.45) is 0 Å². The van der Waals surface area contributed by atoms with Crippen LogP contribution in [0, 0.1) is 11.3 Å². The van der Waals surface area contributed by atoms with Gasteiger partial charge in [-0.25, -0.2) is 0 Å². The summed E-state index contributed by atoms with van der Waals surface area (Å²) in [6, 6.07) is 24.7. The summed E-state index contributed by atoms with van der Waals surface area (Å²) in [4.78, 5) is 13.3. The van der Waals surface area contributed by atoms with Crippen LogP contribution in [0.4, 0.5) is 5.69 Å². The van der Waals surface area contributed by atoms with Crippen molar-refractivity contribution >= 4 is 11.6 Å². The zero-order valence-electron chi connectivity index (χ0n) is 14.9. The number of likely N-dealkylation sites (N-methyl/N-ethyl adjacent to an activating group) is 1. The van der Waals surface area contributed by atoms with E-state index in [0.717, 1.165) is 16.9 Å². The van der Waals surface area contributed by atoms with E-state index in [1.807, 2.05) is 66.7 Å². The second-order valence-corrected chi connectivity index (χ2v) is 5.85. The number of hydrogen-bond acceptors (Lipinski definition) is 3. The van der Waals surface area contributed by atoms with Gasteiger partial charge >= 0.3 is 0 Å². The minimum absolute atomic E-state index is 0.268. The highest BCUT2D eigenvalue weighted by Crippen LogP contribution is 2.32. The van der Waals surface area contributed by atoms with Gasteiger partial charge in [-0.1, -0.05) is 49.0 Å². The van der Waals surface area contributed by atoms with E-state index >= 15 is 0 Å². The van der Waals surface area contributed by atoms with Crippen LogP contribution in [0.5, 0.6) is 11.5 Å². The first kappa shape index (κ1) is 18.0. The number of benzene rings is 3. The van der Waals surface area contributed by atoms with Crippen molar-refractivity contribution in [2.75, 3.05) is 11.9 Å². The first-order valence-corrected chi connectivity index (χ1v) is 8.40. The summed E-state index contributed by atoms with van der Waals surface area (Å²) in [5, 5.41) is 9.67. The number of amides is 1. The predicted molar refractivity (Wildman–Crippen MR) is 107 cm³/mol. The molecule has 4 heteroatoms.